The third-order valence-corrected chi connectivity index (χ3v) is 4.11. The van der Waals surface area contributed by atoms with Crippen LogP contribution in [0, 0.1) is 5.82 Å². The van der Waals surface area contributed by atoms with Gasteiger partial charge in [-0.15, -0.1) is 11.3 Å². The number of benzene rings is 1. The molecule has 2 heterocycles. The van der Waals surface area contributed by atoms with Crippen molar-refractivity contribution in [3.63, 3.8) is 0 Å². The van der Waals surface area contributed by atoms with Crippen LogP contribution in [0.4, 0.5) is 4.39 Å². The molecule has 3 rings (SSSR count). The number of fused-ring (bicyclic) bond motifs is 1. The van der Waals surface area contributed by atoms with Crippen LogP contribution in [0.3, 0.4) is 0 Å². The van der Waals surface area contributed by atoms with Crippen molar-refractivity contribution in [2.45, 2.75) is 6.54 Å². The molecule has 0 N–H and O–H groups in total. The fraction of sp³-hybridized carbons (Fsp3) is 0.133. The summed E-state index contributed by atoms with van der Waals surface area (Å²) in [5, 5.41) is 0.754. The van der Waals surface area contributed by atoms with Crippen LogP contribution < -0.4 is 0 Å². The van der Waals surface area contributed by atoms with Crippen molar-refractivity contribution >= 4 is 27.3 Å². The Kier molecular flexibility index (Phi) is 3.28. The molecule has 1 aromatic carbocycles. The normalized spacial score (nSPS) is 10.9. The van der Waals surface area contributed by atoms with E-state index in [0.29, 0.717) is 11.4 Å². The lowest BCUT2D eigenvalue weighted by atomic mass is 10.2. The molecular formula is C15H12FNO2S. The molecule has 20 heavy (non-hydrogen) atoms. The number of thiophene rings is 1. The zero-order valence-corrected chi connectivity index (χ0v) is 11.6. The number of carbonyl (C=O) groups excluding carboxylic acids is 1. The van der Waals surface area contributed by atoms with E-state index in [9.17, 15) is 9.18 Å². The molecule has 0 atom stereocenters. The molecular weight excluding hydrogens is 277 g/mol. The SMILES string of the molecule is CN(Cc1ccco1)C(=O)c1cc2cc(F)ccc2s1. The standard InChI is InChI=1S/C15H12FNO2S/c1-17(9-12-3-2-6-19-12)15(18)14-8-10-7-11(16)4-5-13(10)20-14/h2-8H,9H2,1H3. The number of rotatable bonds is 3. The maximum atomic E-state index is 13.2. The van der Waals surface area contributed by atoms with Gasteiger partial charge in [-0.2, -0.15) is 0 Å². The lowest BCUT2D eigenvalue weighted by Gasteiger charge is -2.14. The molecule has 0 radical (unpaired) electrons. The Balaban J connectivity index is 1.84. The van der Waals surface area contributed by atoms with Gasteiger partial charge in [0.25, 0.3) is 5.91 Å². The highest BCUT2D eigenvalue weighted by molar-refractivity contribution is 7.20. The van der Waals surface area contributed by atoms with Crippen molar-refractivity contribution in [3.8, 4) is 0 Å². The van der Waals surface area contributed by atoms with Gasteiger partial charge in [-0.3, -0.25) is 4.79 Å². The van der Waals surface area contributed by atoms with E-state index in [1.807, 2.05) is 6.07 Å². The topological polar surface area (TPSA) is 33.5 Å². The van der Waals surface area contributed by atoms with E-state index in [-0.39, 0.29) is 11.7 Å². The maximum Gasteiger partial charge on any atom is 0.264 e. The fourth-order valence-electron chi connectivity index (χ4n) is 2.02. The molecule has 0 saturated heterocycles. The molecule has 0 saturated carbocycles. The van der Waals surface area contributed by atoms with Gasteiger partial charge in [0, 0.05) is 11.7 Å². The van der Waals surface area contributed by atoms with Gasteiger partial charge < -0.3 is 9.32 Å². The van der Waals surface area contributed by atoms with Crippen LogP contribution in [0.1, 0.15) is 15.4 Å². The Labute approximate surface area is 119 Å². The number of nitrogens with zero attached hydrogens (tertiary/aromatic N) is 1. The average Bonchev–Trinajstić information content (AvgIpc) is 3.06. The van der Waals surface area contributed by atoms with E-state index in [4.69, 9.17) is 4.42 Å². The summed E-state index contributed by atoms with van der Waals surface area (Å²) in [5.74, 6) is 0.342. The highest BCUT2D eigenvalue weighted by Crippen LogP contribution is 2.27. The van der Waals surface area contributed by atoms with Gasteiger partial charge in [0.05, 0.1) is 17.7 Å². The lowest BCUT2D eigenvalue weighted by Crippen LogP contribution is -2.25. The van der Waals surface area contributed by atoms with Gasteiger partial charge in [0.1, 0.15) is 11.6 Å². The minimum Gasteiger partial charge on any atom is -0.467 e. The largest absolute Gasteiger partial charge is 0.467 e. The predicted molar refractivity (Wildman–Crippen MR) is 76.3 cm³/mol. The third kappa shape index (κ3) is 2.44. The van der Waals surface area contributed by atoms with Crippen LogP contribution in [0.25, 0.3) is 10.1 Å². The fourth-order valence-corrected chi connectivity index (χ4v) is 3.05. The molecule has 3 nitrogen and oxygen atoms in total. The van der Waals surface area contributed by atoms with Crippen LogP contribution >= 0.6 is 11.3 Å². The van der Waals surface area contributed by atoms with Crippen LogP contribution in [0.2, 0.25) is 0 Å². The van der Waals surface area contributed by atoms with Gasteiger partial charge in [-0.1, -0.05) is 0 Å². The third-order valence-electron chi connectivity index (χ3n) is 3.01. The van der Waals surface area contributed by atoms with Crippen molar-refractivity contribution in [1.82, 2.24) is 4.90 Å². The first-order valence-electron chi connectivity index (χ1n) is 6.10. The Hall–Kier alpha value is -2.14. The molecule has 0 unspecified atom stereocenters. The zero-order valence-electron chi connectivity index (χ0n) is 10.8. The van der Waals surface area contributed by atoms with Crippen LogP contribution in [0.5, 0.6) is 0 Å². The minimum absolute atomic E-state index is 0.0944. The molecule has 102 valence electrons. The first-order valence-corrected chi connectivity index (χ1v) is 6.92. The number of amides is 1. The van der Waals surface area contributed by atoms with E-state index < -0.39 is 0 Å². The summed E-state index contributed by atoms with van der Waals surface area (Å²) in [5.41, 5.74) is 0. The summed E-state index contributed by atoms with van der Waals surface area (Å²) in [6.07, 6.45) is 1.58. The van der Waals surface area contributed by atoms with Gasteiger partial charge >= 0.3 is 0 Å². The summed E-state index contributed by atoms with van der Waals surface area (Å²) >= 11 is 1.37. The monoisotopic (exact) mass is 289 g/mol. The number of halogens is 1. The second-order valence-electron chi connectivity index (χ2n) is 4.53. The van der Waals surface area contributed by atoms with E-state index in [0.717, 1.165) is 15.8 Å². The quantitative estimate of drug-likeness (QED) is 0.732. The summed E-state index contributed by atoms with van der Waals surface area (Å²) in [6, 6.07) is 9.87. The lowest BCUT2D eigenvalue weighted by molar-refractivity contribution is 0.0780. The highest BCUT2D eigenvalue weighted by Gasteiger charge is 2.16. The number of furan rings is 1. The van der Waals surface area contributed by atoms with Gasteiger partial charge in [-0.05, 0) is 41.8 Å². The Morgan fingerprint density at radius 3 is 2.95 bits per heavy atom. The molecule has 0 aliphatic heterocycles. The summed E-state index contributed by atoms with van der Waals surface area (Å²) in [7, 11) is 1.72. The second kappa shape index (κ2) is 5.09. The maximum absolute atomic E-state index is 13.2. The highest BCUT2D eigenvalue weighted by atomic mass is 32.1. The Morgan fingerprint density at radius 1 is 1.35 bits per heavy atom. The van der Waals surface area contributed by atoms with E-state index in [1.165, 1.54) is 23.5 Å². The first-order chi connectivity index (χ1) is 9.63. The zero-order chi connectivity index (χ0) is 14.1. The van der Waals surface area contributed by atoms with E-state index in [2.05, 4.69) is 0 Å². The molecule has 2 aromatic heterocycles. The van der Waals surface area contributed by atoms with Crippen molar-refractivity contribution in [2.24, 2.45) is 0 Å². The molecule has 1 amide bonds. The molecule has 3 aromatic rings. The number of carbonyl (C=O) groups is 1. The van der Waals surface area contributed by atoms with Crippen LogP contribution in [-0.2, 0) is 6.54 Å². The predicted octanol–water partition coefficient (Wildman–Crippen LogP) is 3.91. The molecule has 5 heteroatoms. The smallest absolute Gasteiger partial charge is 0.264 e. The summed E-state index contributed by atoms with van der Waals surface area (Å²) in [6.45, 7) is 0.411. The molecule has 0 bridgehead atoms. The average molecular weight is 289 g/mol. The first kappa shape index (κ1) is 12.9. The van der Waals surface area contributed by atoms with Crippen LogP contribution in [-0.4, -0.2) is 17.9 Å². The Morgan fingerprint density at radius 2 is 2.20 bits per heavy atom. The van der Waals surface area contributed by atoms with E-state index >= 15 is 0 Å². The Bertz CT molecular complexity index is 748. The summed E-state index contributed by atoms with van der Waals surface area (Å²) < 4.78 is 19.3. The number of hydrogen-bond acceptors (Lipinski definition) is 3. The second-order valence-corrected chi connectivity index (χ2v) is 5.62. The number of hydrogen-bond donors (Lipinski definition) is 0. The minimum atomic E-state index is -0.293. The molecule has 0 fully saturated rings. The summed E-state index contributed by atoms with van der Waals surface area (Å²) in [4.78, 5) is 14.5. The molecule has 0 spiro atoms. The van der Waals surface area contributed by atoms with Crippen molar-refractivity contribution < 1.29 is 13.6 Å². The molecule has 0 aliphatic carbocycles. The van der Waals surface area contributed by atoms with Crippen molar-refractivity contribution in [1.29, 1.82) is 0 Å². The molecule has 0 aliphatic rings. The van der Waals surface area contributed by atoms with Crippen LogP contribution in [0.15, 0.2) is 47.1 Å². The van der Waals surface area contributed by atoms with Gasteiger partial charge in [0.15, 0.2) is 0 Å². The van der Waals surface area contributed by atoms with Crippen molar-refractivity contribution in [3.05, 3.63) is 59.1 Å². The van der Waals surface area contributed by atoms with E-state index in [1.54, 1.807) is 36.4 Å². The van der Waals surface area contributed by atoms with Gasteiger partial charge in [-0.25, -0.2) is 4.39 Å². The van der Waals surface area contributed by atoms with Gasteiger partial charge in [0.2, 0.25) is 0 Å². The van der Waals surface area contributed by atoms with Crippen molar-refractivity contribution in [2.75, 3.05) is 7.05 Å².